The van der Waals surface area contributed by atoms with E-state index in [1.165, 1.54) is 17.0 Å². The maximum Gasteiger partial charge on any atom is 0.264 e. The van der Waals surface area contributed by atoms with Gasteiger partial charge < -0.3 is 10.2 Å². The van der Waals surface area contributed by atoms with Crippen LogP contribution >= 0.6 is 45.8 Å². The van der Waals surface area contributed by atoms with Crippen molar-refractivity contribution in [1.29, 1.82) is 0 Å². The van der Waals surface area contributed by atoms with Crippen molar-refractivity contribution in [2.24, 2.45) is 0 Å². The Bertz CT molecular complexity index is 1390. The van der Waals surface area contributed by atoms with Crippen LogP contribution in [-0.4, -0.2) is 43.8 Å². The van der Waals surface area contributed by atoms with Gasteiger partial charge in [0.25, 0.3) is 10.0 Å². The average Bonchev–Trinajstić information content (AvgIpc) is 2.92. The van der Waals surface area contributed by atoms with E-state index >= 15 is 0 Å². The lowest BCUT2D eigenvalue weighted by Gasteiger charge is -2.32. The van der Waals surface area contributed by atoms with Crippen molar-refractivity contribution in [1.82, 2.24) is 10.2 Å². The average molecular weight is 702 g/mol. The zero-order valence-electron chi connectivity index (χ0n) is 21.8. The number of carbonyl (C=O) groups excluding carboxylic acids is 2. The van der Waals surface area contributed by atoms with Crippen LogP contribution in [0.15, 0.2) is 77.7 Å². The van der Waals surface area contributed by atoms with Crippen LogP contribution in [0.5, 0.6) is 0 Å². The molecule has 0 aliphatic heterocycles. The monoisotopic (exact) mass is 701 g/mol. The molecule has 0 aliphatic rings. The summed E-state index contributed by atoms with van der Waals surface area (Å²) in [6.45, 7) is 4.78. The smallest absolute Gasteiger partial charge is 0.264 e. The molecule has 3 rings (SSSR count). The number of nitrogens with zero attached hydrogens (tertiary/aromatic N) is 2. The number of benzene rings is 3. The third-order valence-corrected chi connectivity index (χ3v) is 9.50. The molecular weight excluding hydrogens is 672 g/mol. The standard InChI is InChI=1S/C28H30Cl2IN3O4S/c1-4-19(2)32-28(36)20(3)33(17-24-25(29)11-8-12-26(24)30)27(35)18-34(22-15-13-21(31)14-16-22)39(37,38)23-9-6-5-7-10-23/h5-16,19-20H,4,17-18H2,1-3H3,(H,32,36). The van der Waals surface area contributed by atoms with Gasteiger partial charge in [0.2, 0.25) is 11.8 Å². The highest BCUT2D eigenvalue weighted by molar-refractivity contribution is 14.1. The minimum absolute atomic E-state index is 0.0413. The third-order valence-electron chi connectivity index (χ3n) is 6.28. The number of amides is 2. The van der Waals surface area contributed by atoms with Gasteiger partial charge in [-0.05, 0) is 91.4 Å². The van der Waals surface area contributed by atoms with Crippen LogP contribution in [0.4, 0.5) is 5.69 Å². The molecule has 0 saturated heterocycles. The van der Waals surface area contributed by atoms with Crippen LogP contribution in [0.1, 0.15) is 32.8 Å². The van der Waals surface area contributed by atoms with Crippen molar-refractivity contribution in [2.75, 3.05) is 10.8 Å². The van der Waals surface area contributed by atoms with E-state index in [2.05, 4.69) is 27.9 Å². The Kier molecular flexibility index (Phi) is 11.1. The summed E-state index contributed by atoms with van der Waals surface area (Å²) in [5.74, 6) is -0.955. The Morgan fingerprint density at radius 1 is 0.923 bits per heavy atom. The van der Waals surface area contributed by atoms with Gasteiger partial charge in [0.1, 0.15) is 12.6 Å². The predicted octanol–water partition coefficient (Wildman–Crippen LogP) is 6.13. The zero-order chi connectivity index (χ0) is 28.7. The van der Waals surface area contributed by atoms with Gasteiger partial charge in [-0.3, -0.25) is 13.9 Å². The molecule has 3 aromatic carbocycles. The lowest BCUT2D eigenvalue weighted by Crippen LogP contribution is -2.52. The highest BCUT2D eigenvalue weighted by atomic mass is 127. The van der Waals surface area contributed by atoms with Crippen LogP contribution in [0.25, 0.3) is 0 Å². The lowest BCUT2D eigenvalue weighted by atomic mass is 10.1. The molecule has 0 radical (unpaired) electrons. The Balaban J connectivity index is 2.05. The molecule has 7 nitrogen and oxygen atoms in total. The highest BCUT2D eigenvalue weighted by Crippen LogP contribution is 2.28. The van der Waals surface area contributed by atoms with E-state index in [0.717, 1.165) is 7.88 Å². The first kappa shape index (κ1) is 31.2. The third kappa shape index (κ3) is 7.87. The molecule has 0 aromatic heterocycles. The molecule has 0 spiro atoms. The molecule has 2 amide bonds. The first-order chi connectivity index (χ1) is 18.4. The summed E-state index contributed by atoms with van der Waals surface area (Å²) in [6, 6.07) is 18.6. The minimum Gasteiger partial charge on any atom is -0.352 e. The van der Waals surface area contributed by atoms with E-state index < -0.39 is 28.5 Å². The summed E-state index contributed by atoms with van der Waals surface area (Å²) in [6.07, 6.45) is 0.707. The molecule has 11 heteroatoms. The SMILES string of the molecule is CCC(C)NC(=O)C(C)N(Cc1c(Cl)cccc1Cl)C(=O)CN(c1ccc(I)cc1)S(=O)(=O)c1ccccc1. The van der Waals surface area contributed by atoms with Crippen molar-refractivity contribution in [3.05, 3.63) is 92.0 Å². The lowest BCUT2D eigenvalue weighted by molar-refractivity contribution is -0.139. The minimum atomic E-state index is -4.12. The second kappa shape index (κ2) is 13.8. The number of halogens is 3. The van der Waals surface area contributed by atoms with Crippen molar-refractivity contribution in [3.8, 4) is 0 Å². The first-order valence-corrected chi connectivity index (χ1v) is 15.6. The van der Waals surface area contributed by atoms with Crippen LogP contribution in [-0.2, 0) is 26.2 Å². The summed E-state index contributed by atoms with van der Waals surface area (Å²) < 4.78 is 29.5. The van der Waals surface area contributed by atoms with Crippen molar-refractivity contribution >= 4 is 73.3 Å². The highest BCUT2D eigenvalue weighted by Gasteiger charge is 2.33. The first-order valence-electron chi connectivity index (χ1n) is 12.3. The topological polar surface area (TPSA) is 86.8 Å². The second-order valence-corrected chi connectivity index (χ2v) is 12.9. The Morgan fingerprint density at radius 2 is 1.51 bits per heavy atom. The zero-order valence-corrected chi connectivity index (χ0v) is 26.3. The summed E-state index contributed by atoms with van der Waals surface area (Å²) in [7, 11) is -4.12. The van der Waals surface area contributed by atoms with Crippen LogP contribution in [0, 0.1) is 3.57 Å². The maximum atomic E-state index is 14.0. The van der Waals surface area contributed by atoms with Gasteiger partial charge in [-0.1, -0.05) is 54.4 Å². The maximum absolute atomic E-state index is 14.0. The summed E-state index contributed by atoms with van der Waals surface area (Å²) in [5, 5.41) is 3.56. The van der Waals surface area contributed by atoms with Crippen molar-refractivity contribution < 1.29 is 18.0 Å². The van der Waals surface area contributed by atoms with Gasteiger partial charge in [0.05, 0.1) is 10.6 Å². The fourth-order valence-electron chi connectivity index (χ4n) is 3.76. The van der Waals surface area contributed by atoms with Gasteiger partial charge in [0, 0.05) is 31.8 Å². The number of nitrogens with one attached hydrogen (secondary N) is 1. The Labute approximate surface area is 253 Å². The summed E-state index contributed by atoms with van der Waals surface area (Å²) >= 11 is 14.9. The van der Waals surface area contributed by atoms with Crippen molar-refractivity contribution in [2.45, 2.75) is 50.7 Å². The van der Waals surface area contributed by atoms with Crippen molar-refractivity contribution in [3.63, 3.8) is 0 Å². The van der Waals surface area contributed by atoms with E-state index in [-0.39, 0.29) is 23.4 Å². The number of anilines is 1. The molecule has 0 fully saturated rings. The van der Waals surface area contributed by atoms with Crippen LogP contribution in [0.2, 0.25) is 10.0 Å². The quantitative estimate of drug-likeness (QED) is 0.244. The number of hydrogen-bond acceptors (Lipinski definition) is 4. The molecule has 2 atom stereocenters. The number of carbonyl (C=O) groups is 2. The van der Waals surface area contributed by atoms with E-state index in [9.17, 15) is 18.0 Å². The number of rotatable bonds is 11. The summed E-state index contributed by atoms with van der Waals surface area (Å²) in [5.41, 5.74) is 0.782. The predicted molar refractivity (Wildman–Crippen MR) is 165 cm³/mol. The van der Waals surface area contributed by atoms with E-state index in [0.29, 0.717) is 27.7 Å². The van der Waals surface area contributed by atoms with Crippen LogP contribution < -0.4 is 9.62 Å². The molecule has 3 aromatic rings. The molecule has 2 unspecified atom stereocenters. The number of hydrogen-bond donors (Lipinski definition) is 1. The van der Waals surface area contributed by atoms with Gasteiger partial charge >= 0.3 is 0 Å². The second-order valence-electron chi connectivity index (χ2n) is 9.02. The largest absolute Gasteiger partial charge is 0.352 e. The Morgan fingerprint density at radius 3 is 2.08 bits per heavy atom. The molecule has 1 N–H and O–H groups in total. The molecule has 0 saturated carbocycles. The molecule has 39 heavy (non-hydrogen) atoms. The Hall–Kier alpha value is -2.34. The van der Waals surface area contributed by atoms with Crippen LogP contribution in [0.3, 0.4) is 0 Å². The molecule has 0 bridgehead atoms. The van der Waals surface area contributed by atoms with E-state index in [1.54, 1.807) is 67.6 Å². The fourth-order valence-corrected chi connectivity index (χ4v) is 6.07. The molecular formula is C28H30Cl2IN3O4S. The molecule has 0 heterocycles. The van der Waals surface area contributed by atoms with E-state index in [1.807, 2.05) is 13.8 Å². The molecule has 0 aliphatic carbocycles. The van der Waals surface area contributed by atoms with Gasteiger partial charge in [-0.15, -0.1) is 0 Å². The van der Waals surface area contributed by atoms with E-state index in [4.69, 9.17) is 23.2 Å². The summed E-state index contributed by atoms with van der Waals surface area (Å²) in [4.78, 5) is 28.4. The van der Waals surface area contributed by atoms with Gasteiger partial charge in [-0.25, -0.2) is 8.42 Å². The fraction of sp³-hybridized carbons (Fsp3) is 0.286. The number of sulfonamides is 1. The van der Waals surface area contributed by atoms with Gasteiger partial charge in [0.15, 0.2) is 0 Å². The normalized spacial score (nSPS) is 12.9. The van der Waals surface area contributed by atoms with Gasteiger partial charge in [-0.2, -0.15) is 0 Å². The molecule has 208 valence electrons.